The van der Waals surface area contributed by atoms with Gasteiger partial charge in [0.15, 0.2) is 5.79 Å². The van der Waals surface area contributed by atoms with Crippen LogP contribution in [-0.2, 0) is 9.47 Å². The molecule has 0 amide bonds. The van der Waals surface area contributed by atoms with Gasteiger partial charge in [0.1, 0.15) is 0 Å². The second kappa shape index (κ2) is 5.20. The molecular weight excluding hydrogens is 300 g/mol. The molecule has 0 aromatic heterocycles. The summed E-state index contributed by atoms with van der Waals surface area (Å²) < 4.78 is 12.0. The first-order chi connectivity index (χ1) is 11.5. The van der Waals surface area contributed by atoms with Crippen LogP contribution >= 0.6 is 0 Å². The van der Waals surface area contributed by atoms with Gasteiger partial charge in [-0.2, -0.15) is 0 Å². The number of fused-ring (bicyclic) bond motifs is 5. The van der Waals surface area contributed by atoms with Crippen LogP contribution in [0.3, 0.4) is 0 Å². The highest BCUT2D eigenvalue weighted by molar-refractivity contribution is 5.10. The Balaban J connectivity index is 1.45. The maximum atomic E-state index is 11.1. The third kappa shape index (κ3) is 2.07. The van der Waals surface area contributed by atoms with Crippen molar-refractivity contribution in [1.82, 2.24) is 0 Å². The molecule has 0 aromatic carbocycles. The van der Waals surface area contributed by atoms with Crippen molar-refractivity contribution in [3.63, 3.8) is 0 Å². The van der Waals surface area contributed by atoms with Gasteiger partial charge in [0, 0.05) is 12.8 Å². The molecule has 1 aliphatic heterocycles. The monoisotopic (exact) mass is 334 g/mol. The lowest BCUT2D eigenvalue weighted by Gasteiger charge is -2.62. The van der Waals surface area contributed by atoms with Crippen LogP contribution in [0.4, 0.5) is 0 Å². The molecule has 0 unspecified atom stereocenters. The number of ether oxygens (including phenoxy) is 2. The van der Waals surface area contributed by atoms with Crippen molar-refractivity contribution in [3.05, 3.63) is 0 Å². The number of hydrogen-bond donors (Lipinski definition) is 1. The fourth-order valence-corrected chi connectivity index (χ4v) is 7.98. The first kappa shape index (κ1) is 16.1. The summed E-state index contributed by atoms with van der Waals surface area (Å²) in [7, 11) is 0. The zero-order chi connectivity index (χ0) is 16.6. The Hall–Kier alpha value is -0.120. The summed E-state index contributed by atoms with van der Waals surface area (Å²) in [6, 6.07) is 0. The minimum Gasteiger partial charge on any atom is -0.393 e. The predicted octanol–water partition coefficient (Wildman–Crippen LogP) is 4.13. The molecule has 1 spiro atoms. The Labute approximate surface area is 146 Å². The van der Waals surface area contributed by atoms with Gasteiger partial charge in [-0.25, -0.2) is 0 Å². The maximum Gasteiger partial charge on any atom is 0.168 e. The largest absolute Gasteiger partial charge is 0.393 e. The first-order valence-electron chi connectivity index (χ1n) is 10.4. The Bertz CT molecular complexity index is 513. The second-order valence-corrected chi connectivity index (χ2v) is 10.2. The van der Waals surface area contributed by atoms with Crippen LogP contribution in [-0.4, -0.2) is 30.2 Å². The standard InChI is InChI=1S/C21H34O3/c1-19-6-3-4-15(19)14-12-18(22)17-13-21(23-10-11-24-21)9-8-20(17,2)16(14)5-7-19/h14-18,22H,3-13H2,1-2H3/t14-,15+,16+,17+,18-,19+,20+/m0/s1. The van der Waals surface area contributed by atoms with E-state index in [2.05, 4.69) is 13.8 Å². The number of aliphatic hydroxyl groups is 1. The van der Waals surface area contributed by atoms with E-state index in [4.69, 9.17) is 9.47 Å². The Kier molecular flexibility index (Phi) is 3.49. The Morgan fingerprint density at radius 1 is 0.875 bits per heavy atom. The Morgan fingerprint density at radius 3 is 2.46 bits per heavy atom. The van der Waals surface area contributed by atoms with Crippen molar-refractivity contribution in [3.8, 4) is 0 Å². The zero-order valence-corrected chi connectivity index (χ0v) is 15.4. The molecule has 24 heavy (non-hydrogen) atoms. The lowest BCUT2D eigenvalue weighted by Crippen LogP contribution is -2.59. The van der Waals surface area contributed by atoms with Gasteiger partial charge in [-0.05, 0) is 73.0 Å². The highest BCUT2D eigenvalue weighted by atomic mass is 16.7. The molecule has 1 N–H and O–H groups in total. The van der Waals surface area contributed by atoms with Crippen molar-refractivity contribution in [1.29, 1.82) is 0 Å². The Morgan fingerprint density at radius 2 is 1.67 bits per heavy atom. The van der Waals surface area contributed by atoms with Crippen molar-refractivity contribution < 1.29 is 14.6 Å². The molecule has 5 fully saturated rings. The maximum absolute atomic E-state index is 11.1. The minimum absolute atomic E-state index is 0.163. The number of rotatable bonds is 0. The highest BCUT2D eigenvalue weighted by Gasteiger charge is 2.62. The zero-order valence-electron chi connectivity index (χ0n) is 15.4. The molecule has 4 aliphatic carbocycles. The predicted molar refractivity (Wildman–Crippen MR) is 92.4 cm³/mol. The summed E-state index contributed by atoms with van der Waals surface area (Å²) in [5.41, 5.74) is 0.852. The van der Waals surface area contributed by atoms with Crippen molar-refractivity contribution in [2.45, 2.75) is 83.5 Å². The van der Waals surface area contributed by atoms with Gasteiger partial charge in [-0.15, -0.1) is 0 Å². The number of hydrogen-bond acceptors (Lipinski definition) is 3. The molecule has 3 heteroatoms. The average Bonchev–Trinajstić information content (AvgIpc) is 3.16. The molecule has 136 valence electrons. The molecular formula is C21H34O3. The fraction of sp³-hybridized carbons (Fsp3) is 1.00. The van der Waals surface area contributed by atoms with Crippen molar-refractivity contribution >= 4 is 0 Å². The molecule has 7 atom stereocenters. The van der Waals surface area contributed by atoms with E-state index in [0.717, 1.165) is 50.2 Å². The lowest BCUT2D eigenvalue weighted by atomic mass is 9.44. The third-order valence-electron chi connectivity index (χ3n) is 9.28. The van der Waals surface area contributed by atoms with E-state index in [1.807, 2.05) is 0 Å². The molecule has 5 aliphatic rings. The van der Waals surface area contributed by atoms with E-state index in [9.17, 15) is 5.11 Å². The summed E-state index contributed by atoms with van der Waals surface area (Å²) in [6.45, 7) is 6.49. The van der Waals surface area contributed by atoms with Gasteiger partial charge in [0.05, 0.1) is 19.3 Å². The smallest absolute Gasteiger partial charge is 0.168 e. The van der Waals surface area contributed by atoms with Gasteiger partial charge < -0.3 is 14.6 Å². The van der Waals surface area contributed by atoms with Crippen LogP contribution in [0.1, 0.15) is 71.6 Å². The van der Waals surface area contributed by atoms with Gasteiger partial charge in [0.25, 0.3) is 0 Å². The number of aliphatic hydroxyl groups excluding tert-OH is 1. The lowest BCUT2D eigenvalue weighted by molar-refractivity contribution is -0.247. The van der Waals surface area contributed by atoms with Crippen LogP contribution in [0.2, 0.25) is 0 Å². The average molecular weight is 335 g/mol. The van der Waals surface area contributed by atoms with Crippen LogP contribution in [0.15, 0.2) is 0 Å². The SMILES string of the molecule is C[C@]12CCC[C@@H]1[C@@H]1C[C@H](O)[C@H]3CC4(CC[C@]3(C)[C@@H]1CC2)OCCO4. The van der Waals surface area contributed by atoms with E-state index in [0.29, 0.717) is 11.3 Å². The van der Waals surface area contributed by atoms with E-state index >= 15 is 0 Å². The molecule has 1 heterocycles. The normalized spacial score (nSPS) is 55.9. The minimum atomic E-state index is -0.367. The first-order valence-corrected chi connectivity index (χ1v) is 10.4. The molecule has 0 radical (unpaired) electrons. The van der Waals surface area contributed by atoms with Crippen molar-refractivity contribution in [2.75, 3.05) is 13.2 Å². The van der Waals surface area contributed by atoms with E-state index < -0.39 is 0 Å². The fourth-order valence-electron chi connectivity index (χ4n) is 7.98. The second-order valence-electron chi connectivity index (χ2n) is 10.2. The van der Waals surface area contributed by atoms with Gasteiger partial charge in [0.2, 0.25) is 0 Å². The van der Waals surface area contributed by atoms with Gasteiger partial charge >= 0.3 is 0 Å². The van der Waals surface area contributed by atoms with Gasteiger partial charge in [-0.3, -0.25) is 0 Å². The summed E-state index contributed by atoms with van der Waals surface area (Å²) in [4.78, 5) is 0. The van der Waals surface area contributed by atoms with Crippen molar-refractivity contribution in [2.24, 2.45) is 34.5 Å². The summed E-state index contributed by atoms with van der Waals surface area (Å²) in [6.07, 6.45) is 11.0. The molecule has 4 saturated carbocycles. The van der Waals surface area contributed by atoms with E-state index in [-0.39, 0.29) is 17.3 Å². The third-order valence-corrected chi connectivity index (χ3v) is 9.28. The summed E-state index contributed by atoms with van der Waals surface area (Å²) >= 11 is 0. The molecule has 0 aromatic rings. The molecule has 5 rings (SSSR count). The summed E-state index contributed by atoms with van der Waals surface area (Å²) in [5, 5.41) is 11.1. The molecule has 1 saturated heterocycles. The summed E-state index contributed by atoms with van der Waals surface area (Å²) in [5.74, 6) is 2.41. The van der Waals surface area contributed by atoms with Crippen LogP contribution < -0.4 is 0 Å². The molecule has 3 nitrogen and oxygen atoms in total. The molecule has 0 bridgehead atoms. The van der Waals surface area contributed by atoms with Crippen LogP contribution in [0, 0.1) is 34.5 Å². The van der Waals surface area contributed by atoms with E-state index in [1.165, 1.54) is 38.5 Å². The van der Waals surface area contributed by atoms with E-state index in [1.54, 1.807) is 0 Å². The highest BCUT2D eigenvalue weighted by Crippen LogP contribution is 2.67. The van der Waals surface area contributed by atoms with Crippen LogP contribution in [0.5, 0.6) is 0 Å². The topological polar surface area (TPSA) is 38.7 Å². The van der Waals surface area contributed by atoms with Gasteiger partial charge in [-0.1, -0.05) is 20.3 Å². The quantitative estimate of drug-likeness (QED) is 0.724. The van der Waals surface area contributed by atoms with Crippen LogP contribution in [0.25, 0.3) is 0 Å².